The molecule has 0 bridgehead atoms. The van der Waals surface area contributed by atoms with Crippen LogP contribution in [0.1, 0.15) is 12.5 Å². The van der Waals surface area contributed by atoms with Gasteiger partial charge in [-0.1, -0.05) is 6.07 Å². The van der Waals surface area contributed by atoms with Gasteiger partial charge in [0.2, 0.25) is 5.88 Å². The molecule has 72 valence electrons. The van der Waals surface area contributed by atoms with Gasteiger partial charge in [-0.25, -0.2) is 4.98 Å². The molecular formula is C10H16N2O. The fourth-order valence-electron chi connectivity index (χ4n) is 1.06. The molecule has 0 aliphatic rings. The van der Waals surface area contributed by atoms with E-state index >= 15 is 0 Å². The van der Waals surface area contributed by atoms with Crippen molar-refractivity contribution in [2.45, 2.75) is 20.0 Å². The largest absolute Gasteiger partial charge is 0.473 e. The summed E-state index contributed by atoms with van der Waals surface area (Å²) in [5, 5.41) is 3.05. The zero-order valence-electron chi connectivity index (χ0n) is 8.37. The highest BCUT2D eigenvalue weighted by molar-refractivity contribution is 5.16. The Hall–Kier alpha value is -1.09. The molecule has 1 atom stereocenters. The summed E-state index contributed by atoms with van der Waals surface area (Å²) in [6, 6.07) is 3.88. The van der Waals surface area contributed by atoms with E-state index < -0.39 is 0 Å². The zero-order valence-corrected chi connectivity index (χ0v) is 8.37. The minimum absolute atomic E-state index is 0.153. The van der Waals surface area contributed by atoms with Crippen LogP contribution in [0.5, 0.6) is 5.88 Å². The van der Waals surface area contributed by atoms with Crippen LogP contribution >= 0.6 is 0 Å². The van der Waals surface area contributed by atoms with Crippen molar-refractivity contribution in [2.75, 3.05) is 13.6 Å². The summed E-state index contributed by atoms with van der Waals surface area (Å²) in [6.45, 7) is 4.85. The predicted molar refractivity (Wildman–Crippen MR) is 53.0 cm³/mol. The summed E-state index contributed by atoms with van der Waals surface area (Å²) < 4.78 is 5.54. The molecule has 0 saturated heterocycles. The van der Waals surface area contributed by atoms with Gasteiger partial charge in [-0.3, -0.25) is 0 Å². The smallest absolute Gasteiger partial charge is 0.213 e. The predicted octanol–water partition coefficient (Wildman–Crippen LogP) is 1.38. The quantitative estimate of drug-likeness (QED) is 0.760. The SMILES string of the molecule is CNCC(C)Oc1ccc(C)cn1. The second-order valence-electron chi connectivity index (χ2n) is 3.16. The molecule has 1 N–H and O–H groups in total. The number of rotatable bonds is 4. The normalized spacial score (nSPS) is 12.5. The van der Waals surface area contributed by atoms with E-state index in [4.69, 9.17) is 4.74 Å². The third-order valence-electron chi connectivity index (χ3n) is 1.70. The van der Waals surface area contributed by atoms with Crippen LogP contribution in [-0.4, -0.2) is 24.7 Å². The number of nitrogens with one attached hydrogen (secondary N) is 1. The molecule has 1 aromatic heterocycles. The van der Waals surface area contributed by atoms with Gasteiger partial charge in [-0.15, -0.1) is 0 Å². The van der Waals surface area contributed by atoms with Crippen molar-refractivity contribution in [3.63, 3.8) is 0 Å². The van der Waals surface area contributed by atoms with Crippen LogP contribution in [0.15, 0.2) is 18.3 Å². The average Bonchev–Trinajstić information content (AvgIpc) is 2.09. The third-order valence-corrected chi connectivity index (χ3v) is 1.70. The van der Waals surface area contributed by atoms with Gasteiger partial charge in [-0.2, -0.15) is 0 Å². The van der Waals surface area contributed by atoms with Gasteiger partial charge < -0.3 is 10.1 Å². The summed E-state index contributed by atoms with van der Waals surface area (Å²) in [5.74, 6) is 0.688. The van der Waals surface area contributed by atoms with Crippen LogP contribution in [0.2, 0.25) is 0 Å². The van der Waals surface area contributed by atoms with Crippen LogP contribution in [-0.2, 0) is 0 Å². The van der Waals surface area contributed by atoms with Crippen molar-refractivity contribution in [1.29, 1.82) is 0 Å². The van der Waals surface area contributed by atoms with Crippen LogP contribution in [0.3, 0.4) is 0 Å². The number of aryl methyl sites for hydroxylation is 1. The first-order valence-corrected chi connectivity index (χ1v) is 4.46. The van der Waals surface area contributed by atoms with E-state index in [9.17, 15) is 0 Å². The lowest BCUT2D eigenvalue weighted by molar-refractivity contribution is 0.212. The first-order valence-electron chi connectivity index (χ1n) is 4.46. The van der Waals surface area contributed by atoms with E-state index in [0.29, 0.717) is 5.88 Å². The molecular weight excluding hydrogens is 164 g/mol. The molecule has 1 unspecified atom stereocenters. The van der Waals surface area contributed by atoms with Crippen molar-refractivity contribution < 1.29 is 4.74 Å². The molecule has 1 heterocycles. The number of likely N-dealkylation sites (N-methyl/N-ethyl adjacent to an activating group) is 1. The van der Waals surface area contributed by atoms with Gasteiger partial charge in [0.05, 0.1) is 0 Å². The summed E-state index contributed by atoms with van der Waals surface area (Å²) in [7, 11) is 1.91. The van der Waals surface area contributed by atoms with E-state index in [0.717, 1.165) is 12.1 Å². The second kappa shape index (κ2) is 4.82. The molecule has 0 fully saturated rings. The van der Waals surface area contributed by atoms with E-state index in [1.165, 1.54) is 0 Å². The van der Waals surface area contributed by atoms with Gasteiger partial charge in [0, 0.05) is 18.8 Å². The average molecular weight is 180 g/mol. The Bertz CT molecular complexity index is 246. The molecule has 0 saturated carbocycles. The molecule has 0 amide bonds. The Morgan fingerprint density at radius 3 is 2.85 bits per heavy atom. The molecule has 0 aliphatic heterocycles. The Morgan fingerprint density at radius 1 is 1.54 bits per heavy atom. The highest BCUT2D eigenvalue weighted by Gasteiger charge is 2.02. The van der Waals surface area contributed by atoms with E-state index in [1.54, 1.807) is 6.20 Å². The van der Waals surface area contributed by atoms with Crippen LogP contribution < -0.4 is 10.1 Å². The maximum absolute atomic E-state index is 5.54. The number of hydrogen-bond acceptors (Lipinski definition) is 3. The lowest BCUT2D eigenvalue weighted by Gasteiger charge is -2.12. The number of nitrogens with zero attached hydrogens (tertiary/aromatic N) is 1. The van der Waals surface area contributed by atoms with Crippen LogP contribution in [0.25, 0.3) is 0 Å². The molecule has 13 heavy (non-hydrogen) atoms. The number of pyridine rings is 1. The molecule has 1 aromatic rings. The molecule has 3 heteroatoms. The minimum atomic E-state index is 0.153. The second-order valence-corrected chi connectivity index (χ2v) is 3.16. The highest BCUT2D eigenvalue weighted by atomic mass is 16.5. The van der Waals surface area contributed by atoms with Gasteiger partial charge in [0.1, 0.15) is 6.10 Å². The molecule has 0 spiro atoms. The van der Waals surface area contributed by atoms with Crippen LogP contribution in [0, 0.1) is 6.92 Å². The van der Waals surface area contributed by atoms with Crippen molar-refractivity contribution in [3.05, 3.63) is 23.9 Å². The fourth-order valence-corrected chi connectivity index (χ4v) is 1.06. The van der Waals surface area contributed by atoms with E-state index in [1.807, 2.05) is 33.0 Å². The van der Waals surface area contributed by atoms with Gasteiger partial charge in [0.25, 0.3) is 0 Å². The van der Waals surface area contributed by atoms with E-state index in [-0.39, 0.29) is 6.10 Å². The maximum Gasteiger partial charge on any atom is 0.213 e. The molecule has 0 aromatic carbocycles. The Balaban J connectivity index is 2.49. The maximum atomic E-state index is 5.54. The Kier molecular flexibility index (Phi) is 3.71. The van der Waals surface area contributed by atoms with Gasteiger partial charge in [-0.05, 0) is 26.5 Å². The van der Waals surface area contributed by atoms with Crippen molar-refractivity contribution in [3.8, 4) is 5.88 Å². The standard InChI is InChI=1S/C10H16N2O/c1-8-4-5-10(12-6-8)13-9(2)7-11-3/h4-6,9,11H,7H2,1-3H3. The highest BCUT2D eigenvalue weighted by Crippen LogP contribution is 2.08. The Morgan fingerprint density at radius 2 is 2.31 bits per heavy atom. The van der Waals surface area contributed by atoms with Crippen molar-refractivity contribution in [1.82, 2.24) is 10.3 Å². The number of hydrogen-bond donors (Lipinski definition) is 1. The third kappa shape index (κ3) is 3.42. The summed E-state index contributed by atoms with van der Waals surface area (Å²) in [5.41, 5.74) is 1.15. The summed E-state index contributed by atoms with van der Waals surface area (Å²) >= 11 is 0. The summed E-state index contributed by atoms with van der Waals surface area (Å²) in [4.78, 5) is 4.15. The van der Waals surface area contributed by atoms with Crippen molar-refractivity contribution >= 4 is 0 Å². The first kappa shape index (κ1) is 9.99. The van der Waals surface area contributed by atoms with Crippen molar-refractivity contribution in [2.24, 2.45) is 0 Å². The van der Waals surface area contributed by atoms with Crippen LogP contribution in [0.4, 0.5) is 0 Å². The lowest BCUT2D eigenvalue weighted by atomic mass is 10.3. The number of aromatic nitrogens is 1. The van der Waals surface area contributed by atoms with Gasteiger partial charge >= 0.3 is 0 Å². The number of ether oxygens (including phenoxy) is 1. The molecule has 1 rings (SSSR count). The monoisotopic (exact) mass is 180 g/mol. The zero-order chi connectivity index (χ0) is 9.68. The first-order chi connectivity index (χ1) is 6.22. The molecule has 0 aliphatic carbocycles. The minimum Gasteiger partial charge on any atom is -0.473 e. The topological polar surface area (TPSA) is 34.1 Å². The van der Waals surface area contributed by atoms with E-state index in [2.05, 4.69) is 10.3 Å². The molecule has 0 radical (unpaired) electrons. The Labute approximate surface area is 79.1 Å². The molecule has 3 nitrogen and oxygen atoms in total. The van der Waals surface area contributed by atoms with Gasteiger partial charge in [0.15, 0.2) is 0 Å². The summed E-state index contributed by atoms with van der Waals surface area (Å²) in [6.07, 6.45) is 1.96. The fraction of sp³-hybridized carbons (Fsp3) is 0.500. The lowest BCUT2D eigenvalue weighted by Crippen LogP contribution is -2.26.